The molecule has 2 aromatic carbocycles. The van der Waals surface area contributed by atoms with Crippen molar-refractivity contribution in [2.24, 2.45) is 0 Å². The molecule has 1 atom stereocenters. The van der Waals surface area contributed by atoms with E-state index < -0.39 is 10.0 Å². The van der Waals surface area contributed by atoms with Crippen LogP contribution in [0.2, 0.25) is 0 Å². The first-order chi connectivity index (χ1) is 13.0. The summed E-state index contributed by atoms with van der Waals surface area (Å²) in [7, 11) is -3.59. The third-order valence-electron chi connectivity index (χ3n) is 4.86. The maximum atomic E-state index is 12.7. The van der Waals surface area contributed by atoms with Crippen molar-refractivity contribution in [3.05, 3.63) is 64.2 Å². The van der Waals surface area contributed by atoms with Gasteiger partial charge in [0.15, 0.2) is 0 Å². The maximum absolute atomic E-state index is 12.7. The lowest BCUT2D eigenvalue weighted by Crippen LogP contribution is -2.41. The van der Waals surface area contributed by atoms with Crippen molar-refractivity contribution in [1.82, 2.24) is 5.32 Å². The number of anilines is 1. The van der Waals surface area contributed by atoms with Gasteiger partial charge in [0.25, 0.3) is 0 Å². The topological polar surface area (TPSA) is 66.5 Å². The average Bonchev–Trinajstić information content (AvgIpc) is 2.58. The normalized spacial score (nSPS) is 12.5. The zero-order valence-corrected chi connectivity index (χ0v) is 18.4. The van der Waals surface area contributed by atoms with Gasteiger partial charge in [0.2, 0.25) is 15.9 Å². The third kappa shape index (κ3) is 5.58. The van der Waals surface area contributed by atoms with E-state index in [2.05, 4.69) is 11.4 Å². The SMILES string of the molecule is CC[C@@H](NC(=O)CN(c1cc(C)cc(C)c1)S(C)(=O)=O)c1ccc(C)c(C)c1. The van der Waals surface area contributed by atoms with Crippen LogP contribution < -0.4 is 9.62 Å². The Labute approximate surface area is 168 Å². The molecule has 0 fully saturated rings. The second-order valence-electron chi connectivity index (χ2n) is 7.49. The number of amides is 1. The quantitative estimate of drug-likeness (QED) is 0.762. The molecule has 2 aromatic rings. The first kappa shape index (κ1) is 22.0. The van der Waals surface area contributed by atoms with E-state index in [0.717, 1.165) is 39.2 Å². The lowest BCUT2D eigenvalue weighted by molar-refractivity contribution is -0.120. The van der Waals surface area contributed by atoms with Gasteiger partial charge in [0.05, 0.1) is 18.0 Å². The van der Waals surface area contributed by atoms with Crippen molar-refractivity contribution < 1.29 is 13.2 Å². The number of benzene rings is 2. The Kier molecular flexibility index (Phi) is 6.88. The van der Waals surface area contributed by atoms with E-state index in [4.69, 9.17) is 0 Å². The molecule has 2 rings (SSSR count). The largest absolute Gasteiger partial charge is 0.348 e. The summed E-state index contributed by atoms with van der Waals surface area (Å²) >= 11 is 0. The van der Waals surface area contributed by atoms with Gasteiger partial charge in [-0.3, -0.25) is 9.10 Å². The molecule has 0 radical (unpaired) electrons. The van der Waals surface area contributed by atoms with Gasteiger partial charge >= 0.3 is 0 Å². The lowest BCUT2D eigenvalue weighted by Gasteiger charge is -2.25. The first-order valence-corrected chi connectivity index (χ1v) is 11.3. The number of nitrogens with one attached hydrogen (secondary N) is 1. The van der Waals surface area contributed by atoms with Crippen LogP contribution in [0.4, 0.5) is 5.69 Å². The van der Waals surface area contributed by atoms with Gasteiger partial charge in [0, 0.05) is 0 Å². The molecule has 0 aromatic heterocycles. The van der Waals surface area contributed by atoms with Gasteiger partial charge in [0.1, 0.15) is 6.54 Å². The van der Waals surface area contributed by atoms with Crippen molar-refractivity contribution in [2.45, 2.75) is 47.1 Å². The number of hydrogen-bond donors (Lipinski definition) is 1. The fourth-order valence-corrected chi connectivity index (χ4v) is 4.11. The van der Waals surface area contributed by atoms with Gasteiger partial charge < -0.3 is 5.32 Å². The number of carbonyl (C=O) groups excluding carboxylic acids is 1. The van der Waals surface area contributed by atoms with Crippen LogP contribution in [0.5, 0.6) is 0 Å². The highest BCUT2D eigenvalue weighted by Gasteiger charge is 2.23. The smallest absolute Gasteiger partial charge is 0.241 e. The molecule has 28 heavy (non-hydrogen) atoms. The summed E-state index contributed by atoms with van der Waals surface area (Å²) in [5, 5.41) is 2.99. The molecule has 1 N–H and O–H groups in total. The predicted molar refractivity (Wildman–Crippen MR) is 115 cm³/mol. The number of rotatable bonds is 7. The Balaban J connectivity index is 2.24. The summed E-state index contributed by atoms with van der Waals surface area (Å²) in [6, 6.07) is 11.5. The van der Waals surface area contributed by atoms with Gasteiger partial charge in [-0.25, -0.2) is 8.42 Å². The minimum atomic E-state index is -3.59. The molecular formula is C22H30N2O3S. The van der Waals surface area contributed by atoms with E-state index in [1.54, 1.807) is 12.1 Å². The summed E-state index contributed by atoms with van der Waals surface area (Å²) in [5.74, 6) is -0.324. The van der Waals surface area contributed by atoms with Crippen LogP contribution >= 0.6 is 0 Å². The van der Waals surface area contributed by atoms with Gasteiger partial charge in [-0.2, -0.15) is 0 Å². The minimum Gasteiger partial charge on any atom is -0.348 e. The Morgan fingerprint density at radius 3 is 2.11 bits per heavy atom. The fourth-order valence-electron chi connectivity index (χ4n) is 3.27. The number of carbonyl (C=O) groups is 1. The number of sulfonamides is 1. The monoisotopic (exact) mass is 402 g/mol. The van der Waals surface area contributed by atoms with Crippen molar-refractivity contribution >= 4 is 21.6 Å². The molecule has 0 aliphatic rings. The third-order valence-corrected chi connectivity index (χ3v) is 6.00. The van der Waals surface area contributed by atoms with Gasteiger partial charge in [-0.1, -0.05) is 31.2 Å². The predicted octanol–water partition coefficient (Wildman–Crippen LogP) is 3.95. The molecule has 0 aliphatic carbocycles. The zero-order chi connectivity index (χ0) is 21.1. The molecule has 0 bridgehead atoms. The van der Waals surface area contributed by atoms with E-state index in [1.165, 1.54) is 5.56 Å². The highest BCUT2D eigenvalue weighted by molar-refractivity contribution is 7.92. The highest BCUT2D eigenvalue weighted by atomic mass is 32.2. The Hall–Kier alpha value is -2.34. The van der Waals surface area contributed by atoms with Crippen molar-refractivity contribution in [3.8, 4) is 0 Å². The first-order valence-electron chi connectivity index (χ1n) is 9.43. The Morgan fingerprint density at radius 2 is 1.61 bits per heavy atom. The van der Waals surface area contributed by atoms with Crippen molar-refractivity contribution in [3.63, 3.8) is 0 Å². The fraction of sp³-hybridized carbons (Fsp3) is 0.409. The molecule has 6 heteroatoms. The molecule has 0 aliphatic heterocycles. The van der Waals surface area contributed by atoms with E-state index in [0.29, 0.717) is 5.69 Å². The van der Waals surface area contributed by atoms with E-state index >= 15 is 0 Å². The van der Waals surface area contributed by atoms with Crippen LogP contribution in [0.25, 0.3) is 0 Å². The molecule has 5 nitrogen and oxygen atoms in total. The van der Waals surface area contributed by atoms with Crippen LogP contribution in [0.3, 0.4) is 0 Å². The molecule has 1 amide bonds. The van der Waals surface area contributed by atoms with Gasteiger partial charge in [-0.15, -0.1) is 0 Å². The van der Waals surface area contributed by atoms with Crippen molar-refractivity contribution in [2.75, 3.05) is 17.1 Å². The van der Waals surface area contributed by atoms with Crippen LogP contribution in [-0.2, 0) is 14.8 Å². The maximum Gasteiger partial charge on any atom is 0.241 e. The number of hydrogen-bond acceptors (Lipinski definition) is 3. The highest BCUT2D eigenvalue weighted by Crippen LogP contribution is 2.23. The second kappa shape index (κ2) is 8.78. The minimum absolute atomic E-state index is 0.160. The van der Waals surface area contributed by atoms with Crippen molar-refractivity contribution in [1.29, 1.82) is 0 Å². The van der Waals surface area contributed by atoms with E-state index in [1.807, 2.05) is 52.8 Å². The molecule has 152 valence electrons. The standard InChI is InChI=1S/C22H30N2O3S/c1-7-21(19-9-8-17(4)18(5)13-19)23-22(25)14-24(28(6,26)27)20-11-15(2)10-16(3)12-20/h8-13,21H,7,14H2,1-6H3,(H,23,25)/t21-/m1/s1. The summed E-state index contributed by atoms with van der Waals surface area (Å²) in [4.78, 5) is 12.7. The molecule has 0 heterocycles. The molecule has 0 spiro atoms. The van der Waals surface area contributed by atoms with E-state index in [9.17, 15) is 13.2 Å². The molecule has 0 unspecified atom stereocenters. The van der Waals surface area contributed by atoms with Crippen LogP contribution in [0, 0.1) is 27.7 Å². The van der Waals surface area contributed by atoms with Crippen LogP contribution in [0.1, 0.15) is 47.2 Å². The molecule has 0 saturated carbocycles. The van der Waals surface area contributed by atoms with Gasteiger partial charge in [-0.05, 0) is 74.1 Å². The number of nitrogens with zero attached hydrogens (tertiary/aromatic N) is 1. The molecule has 0 saturated heterocycles. The molecular weight excluding hydrogens is 372 g/mol. The second-order valence-corrected chi connectivity index (χ2v) is 9.39. The van der Waals surface area contributed by atoms with Crippen LogP contribution in [-0.4, -0.2) is 27.1 Å². The zero-order valence-electron chi connectivity index (χ0n) is 17.5. The van der Waals surface area contributed by atoms with E-state index in [-0.39, 0.29) is 18.5 Å². The lowest BCUT2D eigenvalue weighted by atomic mass is 9.99. The summed E-state index contributed by atoms with van der Waals surface area (Å²) < 4.78 is 25.8. The summed E-state index contributed by atoms with van der Waals surface area (Å²) in [5.41, 5.74) is 5.79. The summed E-state index contributed by atoms with van der Waals surface area (Å²) in [6.45, 7) is 9.65. The number of aryl methyl sites for hydroxylation is 4. The Bertz CT molecular complexity index is 947. The Morgan fingerprint density at radius 1 is 1.00 bits per heavy atom. The summed E-state index contributed by atoms with van der Waals surface area (Å²) in [6.07, 6.45) is 1.84. The van der Waals surface area contributed by atoms with Crippen LogP contribution in [0.15, 0.2) is 36.4 Å². The average molecular weight is 403 g/mol.